The van der Waals surface area contributed by atoms with Crippen LogP contribution in [0.15, 0.2) is 66.7 Å². The number of amides is 1. The highest BCUT2D eigenvalue weighted by Crippen LogP contribution is 2.32. The van der Waals surface area contributed by atoms with Gasteiger partial charge in [-0.25, -0.2) is 0 Å². The van der Waals surface area contributed by atoms with Crippen molar-refractivity contribution < 1.29 is 9.53 Å². The van der Waals surface area contributed by atoms with Gasteiger partial charge in [-0.05, 0) is 54.3 Å². The number of anilines is 1. The van der Waals surface area contributed by atoms with Crippen LogP contribution in [-0.4, -0.2) is 66.4 Å². The summed E-state index contributed by atoms with van der Waals surface area (Å²) in [7, 11) is 0. The van der Waals surface area contributed by atoms with Crippen LogP contribution in [0.3, 0.4) is 0 Å². The van der Waals surface area contributed by atoms with Gasteiger partial charge in [0.25, 0.3) is 5.91 Å². The fourth-order valence-electron chi connectivity index (χ4n) is 5.78. The zero-order chi connectivity index (χ0) is 27.6. The molecule has 0 saturated carbocycles. The van der Waals surface area contributed by atoms with Crippen molar-refractivity contribution in [2.24, 2.45) is 5.92 Å². The topological polar surface area (TPSA) is 73.5 Å². The SMILES string of the molecule is CC(C)CC(NC(=O)c1ccc2[nH]nc(-c3ccc(N4CC(N5CCOCC5)C4)cc3)c2c1)c1ccccc1Cl. The Bertz CT molecular complexity index is 1470. The highest BCUT2D eigenvalue weighted by molar-refractivity contribution is 6.31. The predicted octanol–water partition coefficient (Wildman–Crippen LogP) is 5.92. The number of hydrogen-bond acceptors (Lipinski definition) is 5. The Morgan fingerprint density at radius 2 is 1.82 bits per heavy atom. The molecule has 0 spiro atoms. The van der Waals surface area contributed by atoms with E-state index < -0.39 is 0 Å². The number of carbonyl (C=O) groups is 1. The van der Waals surface area contributed by atoms with Gasteiger partial charge in [-0.1, -0.05) is 55.8 Å². The number of rotatable bonds is 8. The van der Waals surface area contributed by atoms with Crippen molar-refractivity contribution >= 4 is 34.1 Å². The fraction of sp³-hybridized carbons (Fsp3) is 0.375. The van der Waals surface area contributed by atoms with Gasteiger partial charge < -0.3 is 15.0 Å². The lowest BCUT2D eigenvalue weighted by Crippen LogP contribution is -2.61. The van der Waals surface area contributed by atoms with Crippen LogP contribution in [0.1, 0.15) is 42.2 Å². The van der Waals surface area contributed by atoms with Crippen molar-refractivity contribution in [1.82, 2.24) is 20.4 Å². The maximum atomic E-state index is 13.4. The molecule has 0 aliphatic carbocycles. The number of hydrogen-bond donors (Lipinski definition) is 2. The van der Waals surface area contributed by atoms with Gasteiger partial charge in [-0.15, -0.1) is 0 Å². The highest BCUT2D eigenvalue weighted by atomic mass is 35.5. The average Bonchev–Trinajstić information content (AvgIpc) is 3.36. The first-order chi connectivity index (χ1) is 19.5. The van der Waals surface area contributed by atoms with Crippen molar-refractivity contribution in [2.45, 2.75) is 32.4 Å². The molecular formula is C32H36ClN5O2. The summed E-state index contributed by atoms with van der Waals surface area (Å²) in [5.41, 5.74) is 5.53. The lowest BCUT2D eigenvalue weighted by atomic mass is 9.96. The zero-order valence-electron chi connectivity index (χ0n) is 23.1. The molecule has 3 heterocycles. The number of morpholine rings is 1. The third-order valence-electron chi connectivity index (χ3n) is 8.05. The zero-order valence-corrected chi connectivity index (χ0v) is 23.8. The third kappa shape index (κ3) is 5.59. The molecule has 1 unspecified atom stereocenters. The molecule has 40 heavy (non-hydrogen) atoms. The van der Waals surface area contributed by atoms with Gasteiger partial charge >= 0.3 is 0 Å². The minimum atomic E-state index is -0.169. The van der Waals surface area contributed by atoms with E-state index in [1.807, 2.05) is 42.5 Å². The highest BCUT2D eigenvalue weighted by Gasteiger charge is 2.32. The maximum absolute atomic E-state index is 13.4. The van der Waals surface area contributed by atoms with Crippen LogP contribution in [0.4, 0.5) is 5.69 Å². The van der Waals surface area contributed by atoms with E-state index >= 15 is 0 Å². The number of nitrogens with zero attached hydrogens (tertiary/aromatic N) is 3. The number of aromatic amines is 1. The molecule has 0 bridgehead atoms. The summed E-state index contributed by atoms with van der Waals surface area (Å²) in [6.45, 7) is 10.1. The van der Waals surface area contributed by atoms with Gasteiger partial charge in [0.1, 0.15) is 0 Å². The Balaban J connectivity index is 1.18. The molecule has 1 aromatic heterocycles. The summed E-state index contributed by atoms with van der Waals surface area (Å²) >= 11 is 6.50. The minimum Gasteiger partial charge on any atom is -0.379 e. The van der Waals surface area contributed by atoms with E-state index in [9.17, 15) is 4.79 Å². The number of carbonyl (C=O) groups excluding carboxylic acids is 1. The van der Waals surface area contributed by atoms with Crippen molar-refractivity contribution in [3.05, 3.63) is 82.9 Å². The molecule has 2 saturated heterocycles. The summed E-state index contributed by atoms with van der Waals surface area (Å²) < 4.78 is 5.49. The van der Waals surface area contributed by atoms with Gasteiger partial charge in [-0.2, -0.15) is 5.10 Å². The van der Waals surface area contributed by atoms with Gasteiger partial charge in [0.15, 0.2) is 0 Å². The van der Waals surface area contributed by atoms with Crippen molar-refractivity contribution in [3.8, 4) is 11.3 Å². The summed E-state index contributed by atoms with van der Waals surface area (Å²) in [6, 6.07) is 22.4. The summed E-state index contributed by atoms with van der Waals surface area (Å²) in [5.74, 6) is 0.275. The predicted molar refractivity (Wildman–Crippen MR) is 161 cm³/mol. The van der Waals surface area contributed by atoms with Crippen LogP contribution in [0.2, 0.25) is 5.02 Å². The van der Waals surface area contributed by atoms with Crippen LogP contribution in [0.25, 0.3) is 22.2 Å². The van der Waals surface area contributed by atoms with E-state index in [0.29, 0.717) is 22.5 Å². The van der Waals surface area contributed by atoms with Gasteiger partial charge in [-0.3, -0.25) is 14.8 Å². The van der Waals surface area contributed by atoms with E-state index in [2.05, 4.69) is 63.4 Å². The Morgan fingerprint density at radius 1 is 1.07 bits per heavy atom. The third-order valence-corrected chi connectivity index (χ3v) is 8.39. The van der Waals surface area contributed by atoms with Crippen LogP contribution in [0, 0.1) is 5.92 Å². The molecule has 208 valence electrons. The number of halogens is 1. The largest absolute Gasteiger partial charge is 0.379 e. The molecule has 2 fully saturated rings. The number of aromatic nitrogens is 2. The Hall–Kier alpha value is -3.39. The Labute approximate surface area is 240 Å². The molecule has 3 aromatic carbocycles. The normalized spacial score (nSPS) is 17.2. The smallest absolute Gasteiger partial charge is 0.251 e. The summed E-state index contributed by atoms with van der Waals surface area (Å²) in [4.78, 5) is 18.4. The van der Waals surface area contributed by atoms with E-state index in [1.54, 1.807) is 0 Å². The Morgan fingerprint density at radius 3 is 2.55 bits per heavy atom. The van der Waals surface area contributed by atoms with Crippen molar-refractivity contribution in [3.63, 3.8) is 0 Å². The number of fused-ring (bicyclic) bond motifs is 1. The lowest BCUT2D eigenvalue weighted by Gasteiger charge is -2.47. The standard InChI is InChI=1S/C32H36ClN5O2/c1-21(2)17-30(26-5-3-4-6-28(26)33)34-32(39)23-9-12-29-27(18-23)31(36-35-29)22-7-10-24(11-8-22)38-19-25(20-38)37-13-15-40-16-14-37/h3-12,18,21,25,30H,13-17,19-20H2,1-2H3,(H,34,39)(H,35,36). The van der Waals surface area contributed by atoms with E-state index in [1.165, 1.54) is 5.69 Å². The Kier molecular flexibility index (Phi) is 7.78. The van der Waals surface area contributed by atoms with Gasteiger partial charge in [0.2, 0.25) is 0 Å². The molecule has 1 amide bonds. The molecular weight excluding hydrogens is 522 g/mol. The summed E-state index contributed by atoms with van der Waals surface area (Å²) in [5, 5.41) is 12.6. The quantitative estimate of drug-likeness (QED) is 0.281. The average molecular weight is 558 g/mol. The van der Waals surface area contributed by atoms with Crippen molar-refractivity contribution in [1.29, 1.82) is 0 Å². The molecule has 2 aliphatic rings. The lowest BCUT2D eigenvalue weighted by molar-refractivity contribution is 0.0105. The molecule has 2 N–H and O–H groups in total. The van der Waals surface area contributed by atoms with E-state index in [4.69, 9.17) is 16.3 Å². The van der Waals surface area contributed by atoms with Gasteiger partial charge in [0.05, 0.1) is 30.5 Å². The molecule has 8 heteroatoms. The van der Waals surface area contributed by atoms with Crippen LogP contribution < -0.4 is 10.2 Å². The first kappa shape index (κ1) is 26.8. The monoisotopic (exact) mass is 557 g/mol. The molecule has 4 aromatic rings. The number of H-pyrrole nitrogens is 1. The minimum absolute atomic E-state index is 0.123. The fourth-order valence-corrected chi connectivity index (χ4v) is 6.05. The van der Waals surface area contributed by atoms with E-state index in [-0.39, 0.29) is 11.9 Å². The summed E-state index contributed by atoms with van der Waals surface area (Å²) in [6.07, 6.45) is 0.797. The maximum Gasteiger partial charge on any atom is 0.251 e. The first-order valence-electron chi connectivity index (χ1n) is 14.2. The number of ether oxygens (including phenoxy) is 1. The first-order valence-corrected chi connectivity index (χ1v) is 14.5. The molecule has 1 atom stereocenters. The van der Waals surface area contributed by atoms with Crippen LogP contribution >= 0.6 is 11.6 Å². The van der Waals surface area contributed by atoms with E-state index in [0.717, 1.165) is 73.5 Å². The second-order valence-corrected chi connectivity index (χ2v) is 11.7. The molecule has 0 radical (unpaired) electrons. The number of benzene rings is 3. The van der Waals surface area contributed by atoms with Crippen LogP contribution in [0.5, 0.6) is 0 Å². The second kappa shape index (κ2) is 11.6. The van der Waals surface area contributed by atoms with Gasteiger partial charge in [0, 0.05) is 59.4 Å². The van der Waals surface area contributed by atoms with Crippen LogP contribution in [-0.2, 0) is 4.74 Å². The molecule has 6 rings (SSSR count). The molecule has 2 aliphatic heterocycles. The second-order valence-electron chi connectivity index (χ2n) is 11.3. The molecule has 7 nitrogen and oxygen atoms in total. The van der Waals surface area contributed by atoms with Crippen molar-refractivity contribution in [2.75, 3.05) is 44.3 Å². The number of nitrogens with one attached hydrogen (secondary N) is 2.